The number of ketones is 2. The van der Waals surface area contributed by atoms with Gasteiger partial charge in [-0.05, 0) is 17.5 Å². The summed E-state index contributed by atoms with van der Waals surface area (Å²) >= 11 is 3.10. The molecule has 2 amide bonds. The zero-order valence-electron chi connectivity index (χ0n) is 18.8. The molecule has 12 nitrogen and oxygen atoms in total. The summed E-state index contributed by atoms with van der Waals surface area (Å²) in [6, 6.07) is 2.79. The van der Waals surface area contributed by atoms with Crippen LogP contribution < -0.4 is 11.1 Å². The van der Waals surface area contributed by atoms with Gasteiger partial charge < -0.3 is 36.0 Å². The fourth-order valence-electron chi connectivity index (χ4n) is 5.37. The molecule has 0 aliphatic heterocycles. The molecule has 36 heavy (non-hydrogen) atoms. The summed E-state index contributed by atoms with van der Waals surface area (Å²) in [5.41, 5.74) is 0.565. The van der Waals surface area contributed by atoms with Crippen molar-refractivity contribution in [3.05, 3.63) is 45.9 Å². The van der Waals surface area contributed by atoms with E-state index >= 15 is 0 Å². The minimum absolute atomic E-state index is 0.0406. The number of halogens is 1. The average molecular weight is 567 g/mol. The number of hydrogen-bond donors (Lipinski definition) is 7. The Hall–Kier alpha value is -3.42. The number of benzene rings is 1. The Balaban J connectivity index is 1.86. The van der Waals surface area contributed by atoms with Gasteiger partial charge >= 0.3 is 6.09 Å². The number of rotatable bonds is 4. The fourth-order valence-corrected chi connectivity index (χ4v) is 5.54. The van der Waals surface area contributed by atoms with Crippen LogP contribution in [-0.4, -0.2) is 72.7 Å². The number of phenolic OH excluding ortho intramolecular Hbond substituents is 1. The number of alkyl halides is 1. The molecule has 0 unspecified atom stereocenters. The van der Waals surface area contributed by atoms with Crippen molar-refractivity contribution in [1.29, 1.82) is 0 Å². The first-order chi connectivity index (χ1) is 16.9. The van der Waals surface area contributed by atoms with Crippen molar-refractivity contribution >= 4 is 45.2 Å². The number of carbonyl (C=O) groups excluding carboxylic acids is 4. The molecule has 1 aromatic rings. The van der Waals surface area contributed by atoms with Crippen LogP contribution in [0.1, 0.15) is 35.2 Å². The number of ether oxygens (including phenoxy) is 1. The van der Waals surface area contributed by atoms with E-state index in [4.69, 9.17) is 10.5 Å². The van der Waals surface area contributed by atoms with Crippen molar-refractivity contribution in [3.8, 4) is 5.75 Å². The van der Waals surface area contributed by atoms with E-state index in [1.807, 2.05) is 0 Å². The highest BCUT2D eigenvalue weighted by atomic mass is 79.9. The van der Waals surface area contributed by atoms with Crippen LogP contribution in [0.5, 0.6) is 5.75 Å². The van der Waals surface area contributed by atoms with Crippen LogP contribution in [-0.2, 0) is 14.3 Å². The maximum atomic E-state index is 13.6. The van der Waals surface area contributed by atoms with Crippen LogP contribution in [0.2, 0.25) is 0 Å². The van der Waals surface area contributed by atoms with Crippen molar-refractivity contribution in [2.24, 2.45) is 17.6 Å². The van der Waals surface area contributed by atoms with Crippen molar-refractivity contribution in [2.45, 2.75) is 31.0 Å². The Morgan fingerprint density at radius 1 is 1.25 bits per heavy atom. The summed E-state index contributed by atoms with van der Waals surface area (Å²) in [6.07, 6.45) is -3.08. The molecule has 0 bridgehead atoms. The van der Waals surface area contributed by atoms with Crippen molar-refractivity contribution in [2.75, 3.05) is 17.3 Å². The van der Waals surface area contributed by atoms with Crippen LogP contribution in [0, 0.1) is 11.8 Å². The maximum absolute atomic E-state index is 13.6. The third kappa shape index (κ3) is 3.49. The molecule has 0 radical (unpaired) electrons. The largest absolute Gasteiger partial charge is 0.511 e. The second kappa shape index (κ2) is 8.91. The van der Waals surface area contributed by atoms with Gasteiger partial charge in [0.25, 0.3) is 5.91 Å². The normalized spacial score (nSPS) is 29.3. The van der Waals surface area contributed by atoms with Crippen LogP contribution in [0.4, 0.5) is 10.5 Å². The lowest BCUT2D eigenvalue weighted by atomic mass is 9.56. The van der Waals surface area contributed by atoms with Gasteiger partial charge in [0.1, 0.15) is 23.7 Å². The minimum atomic E-state index is -2.92. The lowest BCUT2D eigenvalue weighted by Crippen LogP contribution is -2.62. The van der Waals surface area contributed by atoms with Crippen LogP contribution in [0.25, 0.3) is 0 Å². The number of fused-ring (bicyclic) bond motifs is 3. The zero-order chi connectivity index (χ0) is 26.7. The fraction of sp³-hybridized carbons (Fsp3) is 0.391. The number of phenols is 1. The predicted molar refractivity (Wildman–Crippen MR) is 126 cm³/mol. The molecule has 4 rings (SSSR count). The first-order valence-electron chi connectivity index (χ1n) is 10.9. The standard InChI is InChI=1S/C23H23BrN2O10/c1-7-8-2-3-10(26-22(34)36-5-4-24)17(29)13(8)18(30)15-12(7)16(28)9-6-11(27)14(21(25)33)19(31)23(9,35)20(15)32/h2-3,7,9,12,16,27-29,32,35H,4-6H2,1H3,(H2,25,33)(H,26,34)/t7-,9+,12+,16+,23+/m0/s1. The van der Waals surface area contributed by atoms with Gasteiger partial charge in [0.05, 0.1) is 17.4 Å². The van der Waals surface area contributed by atoms with Crippen molar-refractivity contribution < 1.29 is 49.4 Å². The molecule has 3 aliphatic carbocycles. The highest BCUT2D eigenvalue weighted by molar-refractivity contribution is 9.09. The molecule has 8 N–H and O–H groups in total. The third-order valence-electron chi connectivity index (χ3n) is 7.05. The number of amides is 2. The Morgan fingerprint density at radius 2 is 1.92 bits per heavy atom. The molecule has 0 fully saturated rings. The van der Waals surface area contributed by atoms with Gasteiger partial charge in [-0.2, -0.15) is 0 Å². The van der Waals surface area contributed by atoms with Gasteiger partial charge in [0.2, 0.25) is 5.78 Å². The number of carbonyl (C=O) groups is 4. The topological polar surface area (TPSA) is 217 Å². The van der Waals surface area contributed by atoms with E-state index in [9.17, 15) is 44.7 Å². The Morgan fingerprint density at radius 3 is 2.53 bits per heavy atom. The molecule has 3 aliphatic rings. The van der Waals surface area contributed by atoms with Gasteiger partial charge in [-0.25, -0.2) is 4.79 Å². The monoisotopic (exact) mass is 566 g/mol. The van der Waals surface area contributed by atoms with E-state index in [1.54, 1.807) is 6.92 Å². The summed E-state index contributed by atoms with van der Waals surface area (Å²) in [5.74, 6) is -9.64. The number of nitrogens with two attached hydrogens (primary N) is 1. The molecule has 0 aromatic heterocycles. The number of aliphatic hydroxyl groups excluding tert-OH is 3. The maximum Gasteiger partial charge on any atom is 0.411 e. The molecule has 192 valence electrons. The molecule has 5 atom stereocenters. The summed E-state index contributed by atoms with van der Waals surface area (Å²) in [4.78, 5) is 50.3. The average Bonchev–Trinajstić information content (AvgIpc) is 2.81. The van der Waals surface area contributed by atoms with Crippen LogP contribution in [0.15, 0.2) is 34.8 Å². The quantitative estimate of drug-likeness (QED) is 0.156. The van der Waals surface area contributed by atoms with E-state index in [-0.39, 0.29) is 23.4 Å². The van der Waals surface area contributed by atoms with Gasteiger partial charge in [-0.1, -0.05) is 28.9 Å². The number of nitrogens with one attached hydrogen (secondary N) is 1. The number of hydrogen-bond acceptors (Lipinski definition) is 10. The van der Waals surface area contributed by atoms with Crippen molar-refractivity contribution in [1.82, 2.24) is 0 Å². The van der Waals surface area contributed by atoms with E-state index in [0.29, 0.717) is 5.33 Å². The Kier molecular flexibility index (Phi) is 6.35. The summed E-state index contributed by atoms with van der Waals surface area (Å²) in [6.45, 7) is 1.64. The lowest BCUT2D eigenvalue weighted by Gasteiger charge is -2.50. The van der Waals surface area contributed by atoms with E-state index in [2.05, 4.69) is 21.2 Å². The third-order valence-corrected chi connectivity index (χ3v) is 7.37. The van der Waals surface area contributed by atoms with Gasteiger partial charge in [-0.15, -0.1) is 0 Å². The van der Waals surface area contributed by atoms with Gasteiger partial charge in [0.15, 0.2) is 17.1 Å². The molecule has 13 heteroatoms. The van der Waals surface area contributed by atoms with Gasteiger partial charge in [-0.3, -0.25) is 19.7 Å². The summed E-state index contributed by atoms with van der Waals surface area (Å²) in [7, 11) is 0. The smallest absolute Gasteiger partial charge is 0.411 e. The molecule has 0 spiro atoms. The van der Waals surface area contributed by atoms with E-state index in [0.717, 1.165) is 0 Å². The molecular weight excluding hydrogens is 544 g/mol. The van der Waals surface area contributed by atoms with E-state index < -0.39 is 87.9 Å². The van der Waals surface area contributed by atoms with E-state index in [1.165, 1.54) is 12.1 Å². The number of aliphatic hydroxyl groups is 4. The predicted octanol–water partition coefficient (Wildman–Crippen LogP) is 1.06. The number of Topliss-reactive ketones (excluding diaryl/α,β-unsaturated/α-hetero) is 2. The zero-order valence-corrected chi connectivity index (χ0v) is 20.4. The second-order valence-electron chi connectivity index (χ2n) is 8.86. The summed E-state index contributed by atoms with van der Waals surface area (Å²) in [5, 5.41) is 57.3. The highest BCUT2D eigenvalue weighted by Crippen LogP contribution is 2.55. The van der Waals surface area contributed by atoms with Crippen molar-refractivity contribution in [3.63, 3.8) is 0 Å². The van der Waals surface area contributed by atoms with Gasteiger partial charge in [0, 0.05) is 29.2 Å². The lowest BCUT2D eigenvalue weighted by molar-refractivity contribution is -0.154. The Bertz CT molecular complexity index is 1270. The van der Waals surface area contributed by atoms with Crippen LogP contribution >= 0.6 is 15.9 Å². The molecule has 0 saturated carbocycles. The number of primary amides is 1. The number of anilines is 1. The first kappa shape index (κ1) is 25.7. The SMILES string of the molecule is C[C@H]1c2ccc(NC(=O)OCCBr)c(O)c2C(=O)C2=C(O)[C@]3(O)C(=O)C(C(N)=O)=C(O)C[C@@H]3[C@@H](O)[C@@H]21. The van der Waals surface area contributed by atoms with Crippen LogP contribution in [0.3, 0.4) is 0 Å². The number of aromatic hydroxyl groups is 1. The Labute approximate surface area is 212 Å². The molecular formula is C23H23BrN2O10. The molecule has 1 aromatic carbocycles. The second-order valence-corrected chi connectivity index (χ2v) is 9.66. The number of allylic oxidation sites excluding steroid dienone is 1. The molecule has 0 heterocycles. The summed E-state index contributed by atoms with van der Waals surface area (Å²) < 4.78 is 4.87. The minimum Gasteiger partial charge on any atom is -0.511 e. The highest BCUT2D eigenvalue weighted by Gasteiger charge is 2.64. The first-order valence-corrected chi connectivity index (χ1v) is 12.0. The molecule has 0 saturated heterocycles.